The van der Waals surface area contributed by atoms with Gasteiger partial charge in [-0.25, -0.2) is 9.67 Å². The zero-order chi connectivity index (χ0) is 27.0. The highest BCUT2D eigenvalue weighted by atomic mass is 16.5. The monoisotopic (exact) mass is 521 g/mol. The molecule has 0 radical (unpaired) electrons. The zero-order valence-electron chi connectivity index (χ0n) is 21.0. The minimum atomic E-state index is -2.19. The van der Waals surface area contributed by atoms with E-state index in [4.69, 9.17) is 19.7 Å². The zero-order valence-corrected chi connectivity index (χ0v) is 21.0. The standard InChI is InChI=1S/C25H27N7O6/c1-14(2)37-20-13-16(6-8-27-20)32-9-7-19(29-32)31-10-11-36-21(23(31)33)25(3,35)24(34)28-15-4-5-17-18(12-15)38-30-22(17)26/h4-9,12-14,21,35H,10-11H2,1-3H3,(H2,26,30)(H,28,34)/t21-,25+/m0/s1. The van der Waals surface area contributed by atoms with Crippen LogP contribution in [0.1, 0.15) is 20.8 Å². The van der Waals surface area contributed by atoms with Gasteiger partial charge in [0.1, 0.15) is 0 Å². The molecule has 0 spiro atoms. The number of rotatable bonds is 7. The van der Waals surface area contributed by atoms with Crippen molar-refractivity contribution >= 4 is 40.1 Å². The van der Waals surface area contributed by atoms with Gasteiger partial charge in [0.05, 0.1) is 30.3 Å². The summed E-state index contributed by atoms with van der Waals surface area (Å²) >= 11 is 0. The van der Waals surface area contributed by atoms with Crippen LogP contribution in [0.4, 0.5) is 17.3 Å². The van der Waals surface area contributed by atoms with Gasteiger partial charge in [-0.05, 0) is 39.0 Å². The second kappa shape index (κ2) is 9.76. The van der Waals surface area contributed by atoms with Crippen molar-refractivity contribution in [2.24, 2.45) is 0 Å². The SMILES string of the molecule is CC(C)Oc1cc(-n2ccc(N3CCO[C@H]([C@@](C)(O)C(=O)Nc4ccc5c(N)noc5c4)C3=O)n2)ccn1. The van der Waals surface area contributed by atoms with E-state index in [2.05, 4.69) is 20.6 Å². The summed E-state index contributed by atoms with van der Waals surface area (Å²) in [6, 6.07) is 9.89. The molecule has 13 nitrogen and oxygen atoms in total. The van der Waals surface area contributed by atoms with Crippen molar-refractivity contribution in [3.63, 3.8) is 0 Å². The van der Waals surface area contributed by atoms with Crippen molar-refractivity contribution in [2.45, 2.75) is 38.6 Å². The Balaban J connectivity index is 1.32. The van der Waals surface area contributed by atoms with Gasteiger partial charge in [-0.1, -0.05) is 5.16 Å². The van der Waals surface area contributed by atoms with E-state index < -0.39 is 23.5 Å². The predicted molar refractivity (Wildman–Crippen MR) is 137 cm³/mol. The topological polar surface area (TPSA) is 171 Å². The minimum Gasteiger partial charge on any atom is -0.475 e. The summed E-state index contributed by atoms with van der Waals surface area (Å²) in [5, 5.41) is 22.5. The molecule has 4 N–H and O–H groups in total. The molecule has 198 valence electrons. The number of amides is 2. The molecule has 0 saturated carbocycles. The Morgan fingerprint density at radius 2 is 2.11 bits per heavy atom. The number of nitrogens with one attached hydrogen (secondary N) is 1. The van der Waals surface area contributed by atoms with Gasteiger partial charge < -0.3 is 30.2 Å². The molecule has 1 aromatic carbocycles. The molecule has 0 aliphatic carbocycles. The average Bonchev–Trinajstić information content (AvgIpc) is 3.51. The third kappa shape index (κ3) is 4.76. The van der Waals surface area contributed by atoms with E-state index in [0.717, 1.165) is 0 Å². The lowest BCUT2D eigenvalue weighted by atomic mass is 9.95. The second-order valence-corrected chi connectivity index (χ2v) is 9.26. The maximum absolute atomic E-state index is 13.4. The summed E-state index contributed by atoms with van der Waals surface area (Å²) in [6.07, 6.45) is 1.80. The number of carbonyl (C=O) groups is 2. The molecule has 0 unspecified atom stereocenters. The summed E-state index contributed by atoms with van der Waals surface area (Å²) in [5.41, 5.74) is 4.92. The second-order valence-electron chi connectivity index (χ2n) is 9.26. The highest BCUT2D eigenvalue weighted by Crippen LogP contribution is 2.28. The van der Waals surface area contributed by atoms with Crippen LogP contribution in [0, 0.1) is 0 Å². The first kappa shape index (κ1) is 25.2. The number of fused-ring (bicyclic) bond motifs is 1. The molecule has 1 aliphatic heterocycles. The molecule has 13 heteroatoms. The van der Waals surface area contributed by atoms with Crippen molar-refractivity contribution in [3.8, 4) is 11.6 Å². The Labute approximate surface area is 217 Å². The third-order valence-corrected chi connectivity index (χ3v) is 6.01. The van der Waals surface area contributed by atoms with Crippen LogP contribution >= 0.6 is 0 Å². The van der Waals surface area contributed by atoms with Crippen LogP contribution in [-0.2, 0) is 14.3 Å². The van der Waals surface area contributed by atoms with E-state index in [1.165, 1.54) is 17.9 Å². The molecule has 38 heavy (non-hydrogen) atoms. The number of pyridine rings is 1. The first-order chi connectivity index (χ1) is 18.1. The molecule has 5 rings (SSSR count). The lowest BCUT2D eigenvalue weighted by Gasteiger charge is -2.37. The van der Waals surface area contributed by atoms with Gasteiger partial charge in [0.25, 0.3) is 11.8 Å². The normalized spacial score (nSPS) is 17.6. The number of nitrogens with zero attached hydrogens (tertiary/aromatic N) is 5. The Hall–Kier alpha value is -4.49. The number of aromatic nitrogens is 4. The fraction of sp³-hybridized carbons (Fsp3) is 0.320. The molecule has 1 saturated heterocycles. The summed E-state index contributed by atoms with van der Waals surface area (Å²) in [7, 11) is 0. The van der Waals surface area contributed by atoms with Crippen molar-refractivity contribution in [1.82, 2.24) is 19.9 Å². The van der Waals surface area contributed by atoms with E-state index in [0.29, 0.717) is 34.0 Å². The van der Waals surface area contributed by atoms with Crippen LogP contribution in [0.2, 0.25) is 0 Å². The summed E-state index contributed by atoms with van der Waals surface area (Å²) in [5.74, 6) is -0.411. The van der Waals surface area contributed by atoms with Crippen LogP contribution in [0.25, 0.3) is 16.7 Å². The smallest absolute Gasteiger partial charge is 0.260 e. The Morgan fingerprint density at radius 3 is 2.89 bits per heavy atom. The Bertz CT molecular complexity index is 1490. The fourth-order valence-electron chi connectivity index (χ4n) is 4.08. The van der Waals surface area contributed by atoms with E-state index in [-0.39, 0.29) is 25.1 Å². The van der Waals surface area contributed by atoms with Gasteiger partial charge in [-0.3, -0.25) is 14.5 Å². The number of anilines is 3. The predicted octanol–water partition coefficient (Wildman–Crippen LogP) is 1.90. The lowest BCUT2D eigenvalue weighted by Crippen LogP contribution is -2.61. The van der Waals surface area contributed by atoms with Crippen molar-refractivity contribution in [1.29, 1.82) is 0 Å². The number of hydrogen-bond acceptors (Lipinski definition) is 10. The van der Waals surface area contributed by atoms with Crippen LogP contribution in [0.15, 0.2) is 53.3 Å². The van der Waals surface area contributed by atoms with E-state index in [1.54, 1.807) is 47.4 Å². The molecule has 3 aromatic heterocycles. The fourth-order valence-corrected chi connectivity index (χ4v) is 4.08. The quantitative estimate of drug-likeness (QED) is 0.326. The molecular weight excluding hydrogens is 494 g/mol. The van der Waals surface area contributed by atoms with Gasteiger partial charge in [-0.2, -0.15) is 0 Å². The van der Waals surface area contributed by atoms with Gasteiger partial charge in [0.15, 0.2) is 28.9 Å². The van der Waals surface area contributed by atoms with Crippen LogP contribution in [0.3, 0.4) is 0 Å². The lowest BCUT2D eigenvalue weighted by molar-refractivity contribution is -0.165. The molecule has 2 amide bonds. The molecular formula is C25H27N7O6. The maximum Gasteiger partial charge on any atom is 0.260 e. The van der Waals surface area contributed by atoms with Crippen LogP contribution in [0.5, 0.6) is 5.88 Å². The Kier molecular flexibility index (Phi) is 6.46. The van der Waals surface area contributed by atoms with E-state index in [1.807, 2.05) is 13.8 Å². The van der Waals surface area contributed by atoms with Crippen molar-refractivity contribution in [2.75, 3.05) is 29.1 Å². The molecule has 0 bridgehead atoms. The van der Waals surface area contributed by atoms with E-state index >= 15 is 0 Å². The third-order valence-electron chi connectivity index (χ3n) is 6.01. The van der Waals surface area contributed by atoms with Crippen molar-refractivity contribution < 1.29 is 28.7 Å². The highest BCUT2D eigenvalue weighted by Gasteiger charge is 2.49. The number of morpholine rings is 1. The van der Waals surface area contributed by atoms with Gasteiger partial charge in [0, 0.05) is 36.3 Å². The number of hydrogen-bond donors (Lipinski definition) is 3. The molecule has 4 aromatic rings. The number of nitrogens with two attached hydrogens (primary N) is 1. The summed E-state index contributed by atoms with van der Waals surface area (Å²) in [4.78, 5) is 32.0. The first-order valence-corrected chi connectivity index (χ1v) is 11.9. The molecule has 1 aliphatic rings. The average molecular weight is 522 g/mol. The Morgan fingerprint density at radius 1 is 1.29 bits per heavy atom. The highest BCUT2D eigenvalue weighted by molar-refractivity contribution is 6.06. The number of benzene rings is 1. The number of nitrogen functional groups attached to an aromatic ring is 1. The number of carbonyl (C=O) groups excluding carboxylic acids is 2. The molecule has 4 heterocycles. The van der Waals surface area contributed by atoms with Crippen LogP contribution in [-0.4, -0.2) is 67.8 Å². The molecule has 2 atom stereocenters. The van der Waals surface area contributed by atoms with Crippen LogP contribution < -0.4 is 20.7 Å². The van der Waals surface area contributed by atoms with Crippen molar-refractivity contribution in [3.05, 3.63) is 48.8 Å². The number of aliphatic hydroxyl groups is 1. The molecule has 1 fully saturated rings. The van der Waals surface area contributed by atoms with Gasteiger partial charge in [-0.15, -0.1) is 5.10 Å². The van der Waals surface area contributed by atoms with Gasteiger partial charge in [0.2, 0.25) is 5.88 Å². The number of ether oxygens (including phenoxy) is 2. The largest absolute Gasteiger partial charge is 0.475 e. The minimum absolute atomic E-state index is 0.0392. The maximum atomic E-state index is 13.4. The van der Waals surface area contributed by atoms with Gasteiger partial charge >= 0.3 is 0 Å². The summed E-state index contributed by atoms with van der Waals surface area (Å²) < 4.78 is 17.9. The van der Waals surface area contributed by atoms with E-state index in [9.17, 15) is 14.7 Å². The first-order valence-electron chi connectivity index (χ1n) is 11.9. The summed E-state index contributed by atoms with van der Waals surface area (Å²) in [6.45, 7) is 5.33.